The van der Waals surface area contributed by atoms with Crippen LogP contribution in [0.1, 0.15) is 51.0 Å². The van der Waals surface area contributed by atoms with Gasteiger partial charge in [-0.05, 0) is 49.6 Å². The lowest BCUT2D eigenvalue weighted by Crippen LogP contribution is -2.48. The Bertz CT molecular complexity index is 1120. The summed E-state index contributed by atoms with van der Waals surface area (Å²) in [4.78, 5) is 42.9. The second-order valence-electron chi connectivity index (χ2n) is 9.55. The number of benzene rings is 2. The molecule has 2 aromatic carbocycles. The van der Waals surface area contributed by atoms with Crippen LogP contribution in [0.15, 0.2) is 48.5 Å². The summed E-state index contributed by atoms with van der Waals surface area (Å²) >= 11 is 0. The highest BCUT2D eigenvalue weighted by Gasteiger charge is 2.50. The molecule has 0 bridgehead atoms. The topological polar surface area (TPSA) is 88.2 Å². The smallest absolute Gasteiger partial charge is 0.325 e. The summed E-state index contributed by atoms with van der Waals surface area (Å²) in [6.45, 7) is 2.43. The van der Waals surface area contributed by atoms with Crippen molar-refractivity contribution >= 4 is 23.5 Å². The number of rotatable bonds is 5. The largest absolute Gasteiger partial charge is 0.490 e. The predicted octanol–water partition coefficient (Wildman–Crippen LogP) is 3.98. The Labute approximate surface area is 205 Å². The van der Waals surface area contributed by atoms with E-state index in [-0.39, 0.29) is 18.5 Å². The molecule has 0 radical (unpaired) electrons. The number of anilines is 1. The Balaban J connectivity index is 1.38. The summed E-state index contributed by atoms with van der Waals surface area (Å²) < 4.78 is 11.5. The van der Waals surface area contributed by atoms with Gasteiger partial charge in [0.15, 0.2) is 11.5 Å². The highest BCUT2D eigenvalue weighted by molar-refractivity contribution is 6.10. The van der Waals surface area contributed by atoms with Crippen molar-refractivity contribution in [1.82, 2.24) is 10.2 Å². The molecule has 35 heavy (non-hydrogen) atoms. The summed E-state index contributed by atoms with van der Waals surface area (Å²) in [5.41, 5.74) is 0.0779. The standard InChI is InChI=1S/C27H31N3O5/c1-27(19-13-14-22-23(17-19)35-16-8-15-34-22)25(32)29(26(33)28-27)18-24(31)30(20-9-4-2-5-10-20)21-11-6-3-7-12-21/h2,4-5,9-10,13-14,17,21H,3,6-8,11-12,15-16,18H2,1H3,(H,28,33). The highest BCUT2D eigenvalue weighted by atomic mass is 16.5. The van der Waals surface area contributed by atoms with Gasteiger partial charge in [0.25, 0.3) is 5.91 Å². The summed E-state index contributed by atoms with van der Waals surface area (Å²) in [6.07, 6.45) is 5.88. The number of urea groups is 1. The monoisotopic (exact) mass is 477 g/mol. The second-order valence-corrected chi connectivity index (χ2v) is 9.55. The van der Waals surface area contributed by atoms with Crippen molar-refractivity contribution in [3.05, 3.63) is 54.1 Å². The zero-order valence-electron chi connectivity index (χ0n) is 20.0. The third-order valence-electron chi connectivity index (χ3n) is 7.14. The minimum atomic E-state index is -1.30. The third-order valence-corrected chi connectivity index (χ3v) is 7.14. The number of amides is 4. The highest BCUT2D eigenvalue weighted by Crippen LogP contribution is 2.37. The molecule has 2 fully saturated rings. The van der Waals surface area contributed by atoms with Gasteiger partial charge in [0.2, 0.25) is 5.91 Å². The Morgan fingerprint density at radius 3 is 2.46 bits per heavy atom. The van der Waals surface area contributed by atoms with Crippen LogP contribution in [0.2, 0.25) is 0 Å². The molecule has 1 atom stereocenters. The van der Waals surface area contributed by atoms with Crippen LogP contribution in [0.3, 0.4) is 0 Å². The van der Waals surface area contributed by atoms with Crippen LogP contribution in [0.5, 0.6) is 11.5 Å². The lowest BCUT2D eigenvalue weighted by Gasteiger charge is -2.35. The number of nitrogens with zero attached hydrogens (tertiary/aromatic N) is 2. The maximum absolute atomic E-state index is 13.6. The van der Waals surface area contributed by atoms with Crippen LogP contribution in [0, 0.1) is 0 Å². The van der Waals surface area contributed by atoms with Crippen molar-refractivity contribution in [3.63, 3.8) is 0 Å². The van der Waals surface area contributed by atoms with Gasteiger partial charge in [-0.2, -0.15) is 0 Å². The Kier molecular flexibility index (Phi) is 6.36. The van der Waals surface area contributed by atoms with E-state index in [4.69, 9.17) is 9.47 Å². The van der Waals surface area contributed by atoms with Gasteiger partial charge >= 0.3 is 6.03 Å². The number of hydrogen-bond acceptors (Lipinski definition) is 5. The molecule has 5 rings (SSSR count). The third kappa shape index (κ3) is 4.45. The molecule has 184 valence electrons. The average Bonchev–Trinajstić information content (AvgIpc) is 3.03. The Morgan fingerprint density at radius 2 is 1.71 bits per heavy atom. The summed E-state index contributed by atoms with van der Waals surface area (Å²) in [5.74, 6) is 0.450. The first-order valence-electron chi connectivity index (χ1n) is 12.4. The number of nitrogens with one attached hydrogen (secondary N) is 1. The van der Waals surface area contributed by atoms with E-state index in [1.807, 2.05) is 30.3 Å². The molecule has 1 aliphatic carbocycles. The lowest BCUT2D eigenvalue weighted by molar-refractivity contribution is -0.134. The molecule has 8 heteroatoms. The van der Waals surface area contributed by atoms with Crippen molar-refractivity contribution in [2.45, 2.75) is 57.0 Å². The Hall–Kier alpha value is -3.55. The van der Waals surface area contributed by atoms with Crippen molar-refractivity contribution in [2.75, 3.05) is 24.7 Å². The maximum atomic E-state index is 13.6. The van der Waals surface area contributed by atoms with Gasteiger partial charge in [-0.25, -0.2) is 4.79 Å². The van der Waals surface area contributed by atoms with E-state index in [2.05, 4.69) is 5.32 Å². The van der Waals surface area contributed by atoms with Gasteiger partial charge < -0.3 is 19.7 Å². The molecule has 1 saturated carbocycles. The fourth-order valence-electron chi connectivity index (χ4n) is 5.21. The van der Waals surface area contributed by atoms with Crippen LogP contribution in [0.25, 0.3) is 0 Å². The fraction of sp³-hybridized carbons (Fsp3) is 0.444. The van der Waals surface area contributed by atoms with E-state index in [9.17, 15) is 14.4 Å². The van der Waals surface area contributed by atoms with E-state index >= 15 is 0 Å². The van der Waals surface area contributed by atoms with Gasteiger partial charge in [-0.15, -0.1) is 0 Å². The minimum absolute atomic E-state index is 0.0625. The first kappa shape index (κ1) is 23.2. The normalized spacial score (nSPS) is 22.5. The number of imide groups is 1. The first-order valence-corrected chi connectivity index (χ1v) is 12.4. The number of ether oxygens (including phenoxy) is 2. The summed E-state index contributed by atoms with van der Waals surface area (Å²) in [5, 5.41) is 2.80. The molecule has 1 N–H and O–H groups in total. The molecule has 0 spiro atoms. The van der Waals surface area contributed by atoms with Gasteiger partial charge in [-0.1, -0.05) is 43.5 Å². The van der Waals surface area contributed by atoms with E-state index in [0.717, 1.165) is 49.1 Å². The quantitative estimate of drug-likeness (QED) is 0.658. The van der Waals surface area contributed by atoms with Crippen molar-refractivity contribution in [3.8, 4) is 11.5 Å². The summed E-state index contributed by atoms with van der Waals surface area (Å²) in [7, 11) is 0. The minimum Gasteiger partial charge on any atom is -0.490 e. The fourth-order valence-corrected chi connectivity index (χ4v) is 5.21. The number of carbonyl (C=O) groups excluding carboxylic acids is 3. The van der Waals surface area contributed by atoms with E-state index in [0.29, 0.717) is 30.3 Å². The SMILES string of the molecule is CC1(c2ccc3c(c2)OCCCO3)NC(=O)N(CC(=O)N(c2ccccc2)C2CCCCC2)C1=O. The zero-order valence-corrected chi connectivity index (χ0v) is 20.0. The average molecular weight is 478 g/mol. The molecule has 3 aliphatic rings. The van der Waals surface area contributed by atoms with Crippen molar-refractivity contribution in [2.24, 2.45) is 0 Å². The maximum Gasteiger partial charge on any atom is 0.325 e. The van der Waals surface area contributed by atoms with Crippen LogP contribution < -0.4 is 19.7 Å². The molecule has 2 aliphatic heterocycles. The molecule has 0 aromatic heterocycles. The van der Waals surface area contributed by atoms with Gasteiger partial charge in [0.1, 0.15) is 12.1 Å². The van der Waals surface area contributed by atoms with E-state index in [1.165, 1.54) is 0 Å². The molecule has 8 nitrogen and oxygen atoms in total. The van der Waals surface area contributed by atoms with Gasteiger partial charge in [-0.3, -0.25) is 14.5 Å². The van der Waals surface area contributed by atoms with Crippen molar-refractivity contribution < 1.29 is 23.9 Å². The molecule has 1 unspecified atom stereocenters. The van der Waals surface area contributed by atoms with E-state index < -0.39 is 17.5 Å². The lowest BCUT2D eigenvalue weighted by atomic mass is 9.91. The van der Waals surface area contributed by atoms with Crippen LogP contribution in [-0.2, 0) is 15.1 Å². The van der Waals surface area contributed by atoms with Gasteiger partial charge in [0, 0.05) is 18.2 Å². The Morgan fingerprint density at radius 1 is 1.00 bits per heavy atom. The molecular formula is C27H31N3O5. The molecule has 1 saturated heterocycles. The number of carbonyl (C=O) groups is 3. The zero-order chi connectivity index (χ0) is 24.4. The number of para-hydroxylation sites is 1. The first-order chi connectivity index (χ1) is 17.0. The van der Waals surface area contributed by atoms with Crippen molar-refractivity contribution in [1.29, 1.82) is 0 Å². The second kappa shape index (κ2) is 9.60. The number of fused-ring (bicyclic) bond motifs is 1. The molecule has 2 aromatic rings. The summed E-state index contributed by atoms with van der Waals surface area (Å²) in [6, 6.07) is 14.3. The van der Waals surface area contributed by atoms with Gasteiger partial charge in [0.05, 0.1) is 13.2 Å². The number of hydrogen-bond donors (Lipinski definition) is 1. The van der Waals surface area contributed by atoms with Crippen LogP contribution >= 0.6 is 0 Å². The predicted molar refractivity (Wildman–Crippen MR) is 130 cm³/mol. The van der Waals surface area contributed by atoms with E-state index in [1.54, 1.807) is 30.0 Å². The molecule has 4 amide bonds. The van der Waals surface area contributed by atoms with Crippen LogP contribution in [0.4, 0.5) is 10.5 Å². The molecular weight excluding hydrogens is 446 g/mol. The van der Waals surface area contributed by atoms with Crippen LogP contribution in [-0.4, -0.2) is 48.5 Å². The molecule has 2 heterocycles.